The van der Waals surface area contributed by atoms with Crippen molar-refractivity contribution in [1.29, 1.82) is 0 Å². The zero-order valence-corrected chi connectivity index (χ0v) is 18.7. The van der Waals surface area contributed by atoms with Crippen LogP contribution in [-0.2, 0) is 17.6 Å². The van der Waals surface area contributed by atoms with Crippen LogP contribution >= 0.6 is 0 Å². The van der Waals surface area contributed by atoms with Gasteiger partial charge in [0.05, 0.1) is 18.6 Å². The lowest BCUT2D eigenvalue weighted by Crippen LogP contribution is -2.42. The van der Waals surface area contributed by atoms with Crippen molar-refractivity contribution in [2.45, 2.75) is 71.0 Å². The van der Waals surface area contributed by atoms with Gasteiger partial charge in [-0.25, -0.2) is 4.39 Å². The van der Waals surface area contributed by atoms with Gasteiger partial charge < -0.3 is 14.2 Å². The number of halogens is 5. The van der Waals surface area contributed by atoms with E-state index in [2.05, 4.69) is 0 Å². The highest BCUT2D eigenvalue weighted by Crippen LogP contribution is 2.45. The molecule has 4 rings (SSSR count). The smallest absolute Gasteiger partial charge is 0.403 e. The fraction of sp³-hybridized carbons (Fsp3) is 0.520. The summed E-state index contributed by atoms with van der Waals surface area (Å²) >= 11 is 0. The summed E-state index contributed by atoms with van der Waals surface area (Å²) in [6, 6.07) is 4.27. The van der Waals surface area contributed by atoms with Gasteiger partial charge >= 0.3 is 6.11 Å². The fourth-order valence-electron chi connectivity index (χ4n) is 4.46. The highest BCUT2D eigenvalue weighted by atomic mass is 19.3. The van der Waals surface area contributed by atoms with Crippen molar-refractivity contribution in [3.05, 3.63) is 52.3 Å². The summed E-state index contributed by atoms with van der Waals surface area (Å²) in [7, 11) is 0. The van der Waals surface area contributed by atoms with Crippen molar-refractivity contribution in [2.24, 2.45) is 5.92 Å². The zero-order chi connectivity index (χ0) is 23.8. The fourth-order valence-corrected chi connectivity index (χ4v) is 4.46. The second-order valence-corrected chi connectivity index (χ2v) is 8.73. The van der Waals surface area contributed by atoms with Crippen molar-refractivity contribution in [2.75, 3.05) is 6.61 Å². The van der Waals surface area contributed by atoms with Gasteiger partial charge in [-0.1, -0.05) is 38.8 Å². The zero-order valence-electron chi connectivity index (χ0n) is 18.7. The molecule has 2 aromatic rings. The Balaban J connectivity index is 1.57. The quantitative estimate of drug-likeness (QED) is 0.339. The molecule has 1 fully saturated rings. The molecule has 0 bridgehead atoms. The lowest BCUT2D eigenvalue weighted by molar-refractivity contribution is -0.242. The third-order valence-corrected chi connectivity index (χ3v) is 6.27. The van der Waals surface area contributed by atoms with Crippen LogP contribution in [0, 0.1) is 23.4 Å². The van der Waals surface area contributed by atoms with Gasteiger partial charge in [-0.3, -0.25) is 0 Å². The number of alkyl halides is 2. The highest BCUT2D eigenvalue weighted by molar-refractivity contribution is 5.54. The van der Waals surface area contributed by atoms with Gasteiger partial charge in [0.25, 0.3) is 0 Å². The third kappa shape index (κ3) is 4.67. The van der Waals surface area contributed by atoms with Crippen molar-refractivity contribution in [3.8, 4) is 17.2 Å². The molecular weight excluding hydrogens is 443 g/mol. The molecule has 3 nitrogen and oxygen atoms in total. The van der Waals surface area contributed by atoms with E-state index >= 15 is 0 Å². The van der Waals surface area contributed by atoms with Gasteiger partial charge in [0.15, 0.2) is 23.1 Å². The summed E-state index contributed by atoms with van der Waals surface area (Å²) in [6.45, 7) is 3.66. The van der Waals surface area contributed by atoms with E-state index in [0.717, 1.165) is 18.9 Å². The molecule has 0 aliphatic carbocycles. The van der Waals surface area contributed by atoms with Crippen LogP contribution in [0.15, 0.2) is 18.2 Å². The molecule has 0 amide bonds. The Morgan fingerprint density at radius 3 is 2.39 bits per heavy atom. The molecule has 8 heteroatoms. The van der Waals surface area contributed by atoms with Gasteiger partial charge in [-0.2, -0.15) is 17.6 Å². The summed E-state index contributed by atoms with van der Waals surface area (Å²) < 4.78 is 89.4. The highest BCUT2D eigenvalue weighted by Gasteiger charge is 2.45. The maximum absolute atomic E-state index is 14.8. The predicted molar refractivity (Wildman–Crippen MR) is 113 cm³/mol. The lowest BCUT2D eigenvalue weighted by atomic mass is 9.95. The van der Waals surface area contributed by atoms with Crippen molar-refractivity contribution >= 4 is 0 Å². The maximum Gasteiger partial charge on any atom is 0.403 e. The number of ether oxygens (including phenoxy) is 3. The number of fused-ring (bicyclic) bond motifs is 2. The van der Waals surface area contributed by atoms with Gasteiger partial charge in [0, 0.05) is 17.5 Å². The van der Waals surface area contributed by atoms with Crippen molar-refractivity contribution in [3.63, 3.8) is 0 Å². The number of hydrogen-bond donors (Lipinski definition) is 0. The number of rotatable bonds is 7. The van der Waals surface area contributed by atoms with Gasteiger partial charge in [0.1, 0.15) is 0 Å². The van der Waals surface area contributed by atoms with Crippen LogP contribution in [0.4, 0.5) is 22.0 Å². The molecule has 2 aliphatic heterocycles. The first-order chi connectivity index (χ1) is 15.7. The first kappa shape index (κ1) is 23.8. The Labute approximate surface area is 189 Å². The van der Waals surface area contributed by atoms with Crippen LogP contribution in [0.1, 0.15) is 62.6 Å². The van der Waals surface area contributed by atoms with Crippen LogP contribution in [0.2, 0.25) is 0 Å². The van der Waals surface area contributed by atoms with E-state index in [4.69, 9.17) is 14.2 Å². The minimum atomic E-state index is -3.74. The molecule has 1 saturated heterocycles. The SMILES string of the molecule is CCCc1ccc2c(c1F)Oc1c(cc(OC(F)(F)C3CCC(CCC)OC3)c(F)c1F)C2. The molecule has 0 spiro atoms. The Bertz CT molecular complexity index is 1020. The summed E-state index contributed by atoms with van der Waals surface area (Å²) in [6.07, 6.45) is -0.366. The molecular formula is C25H27F5O3. The molecule has 180 valence electrons. The molecule has 0 saturated carbocycles. The van der Waals surface area contributed by atoms with Gasteiger partial charge in [0.2, 0.25) is 11.6 Å². The Morgan fingerprint density at radius 2 is 1.73 bits per heavy atom. The second kappa shape index (κ2) is 9.49. The monoisotopic (exact) mass is 470 g/mol. The van der Waals surface area contributed by atoms with Crippen molar-refractivity contribution in [1.82, 2.24) is 0 Å². The van der Waals surface area contributed by atoms with Crippen LogP contribution < -0.4 is 9.47 Å². The van der Waals surface area contributed by atoms with Crippen LogP contribution in [0.3, 0.4) is 0 Å². The van der Waals surface area contributed by atoms with Gasteiger partial charge in [-0.05, 0) is 37.3 Å². The molecule has 2 heterocycles. The molecule has 33 heavy (non-hydrogen) atoms. The number of hydrogen-bond acceptors (Lipinski definition) is 3. The summed E-state index contributed by atoms with van der Waals surface area (Å²) in [5.74, 6) is -6.53. The van der Waals surface area contributed by atoms with Crippen LogP contribution in [0.5, 0.6) is 17.2 Å². The average molecular weight is 470 g/mol. The third-order valence-electron chi connectivity index (χ3n) is 6.27. The van der Waals surface area contributed by atoms with Gasteiger partial charge in [-0.15, -0.1) is 0 Å². The first-order valence-electron chi connectivity index (χ1n) is 11.4. The Hall–Kier alpha value is -2.35. The number of aryl methyl sites for hydroxylation is 1. The normalized spacial score (nSPS) is 20.1. The van der Waals surface area contributed by atoms with E-state index in [1.807, 2.05) is 13.8 Å². The molecule has 2 atom stereocenters. The van der Waals surface area contributed by atoms with E-state index in [1.165, 1.54) is 0 Å². The molecule has 0 N–H and O–H groups in total. The number of benzene rings is 2. The molecule has 0 radical (unpaired) electrons. The van der Waals surface area contributed by atoms with E-state index < -0.39 is 41.0 Å². The largest absolute Gasteiger partial charge is 0.450 e. The predicted octanol–water partition coefficient (Wildman–Crippen LogP) is 7.32. The van der Waals surface area contributed by atoms with E-state index in [-0.39, 0.29) is 36.9 Å². The van der Waals surface area contributed by atoms with Crippen LogP contribution in [0.25, 0.3) is 0 Å². The minimum Gasteiger partial charge on any atom is -0.450 e. The molecule has 2 aromatic carbocycles. The van der Waals surface area contributed by atoms with E-state index in [1.54, 1.807) is 12.1 Å². The first-order valence-corrected chi connectivity index (χ1v) is 11.4. The summed E-state index contributed by atoms with van der Waals surface area (Å²) in [5, 5.41) is 0. The molecule has 2 aliphatic rings. The standard InChI is InChI=1S/C25H27F5O3/c1-3-5-14-7-8-15-11-16-12-19(21(27)22(28)24(16)32-23(15)20(14)26)33-25(29,30)17-9-10-18(6-4-2)31-13-17/h7-8,12,17-18H,3-6,9-11,13H2,1-2H3. The summed E-state index contributed by atoms with van der Waals surface area (Å²) in [5.41, 5.74) is 0.944. The minimum absolute atomic E-state index is 0.00163. The topological polar surface area (TPSA) is 27.7 Å². The van der Waals surface area contributed by atoms with E-state index in [0.29, 0.717) is 30.4 Å². The Morgan fingerprint density at radius 1 is 0.970 bits per heavy atom. The van der Waals surface area contributed by atoms with Crippen LogP contribution in [-0.4, -0.2) is 18.8 Å². The maximum atomic E-state index is 14.8. The summed E-state index contributed by atoms with van der Waals surface area (Å²) in [4.78, 5) is 0. The second-order valence-electron chi connectivity index (χ2n) is 8.73. The average Bonchev–Trinajstić information content (AvgIpc) is 2.79. The Kier molecular flexibility index (Phi) is 6.84. The van der Waals surface area contributed by atoms with Crippen molar-refractivity contribution < 1.29 is 36.2 Å². The van der Waals surface area contributed by atoms with E-state index in [9.17, 15) is 22.0 Å². The molecule has 2 unspecified atom stereocenters. The molecule has 0 aromatic heterocycles. The lowest BCUT2D eigenvalue weighted by Gasteiger charge is -2.33.